The van der Waals surface area contributed by atoms with E-state index in [4.69, 9.17) is 9.47 Å². The van der Waals surface area contributed by atoms with Crippen LogP contribution in [0.25, 0.3) is 0 Å². The van der Waals surface area contributed by atoms with Crippen molar-refractivity contribution >= 4 is 11.9 Å². The van der Waals surface area contributed by atoms with E-state index in [1.807, 2.05) is 0 Å². The molecule has 0 heterocycles. The Morgan fingerprint density at radius 1 is 1.12 bits per heavy atom. The van der Waals surface area contributed by atoms with Crippen molar-refractivity contribution in [3.05, 3.63) is 24.8 Å². The maximum atomic E-state index is 11.3. The smallest absolute Gasteiger partial charge is 0.333 e. The monoisotopic (exact) mass is 238 g/mol. The minimum Gasteiger partial charge on any atom is -0.459 e. The molecule has 0 N–H and O–H groups in total. The Morgan fingerprint density at radius 3 is 2.00 bits per heavy atom. The highest BCUT2D eigenvalue weighted by Gasteiger charge is 2.25. The first-order chi connectivity index (χ1) is 8.02. The maximum absolute atomic E-state index is 11.3. The lowest BCUT2D eigenvalue weighted by Crippen LogP contribution is -2.29. The van der Waals surface area contributed by atoms with Crippen LogP contribution in [0, 0.1) is 0 Å². The number of hydrogen-bond donors (Lipinski definition) is 0. The molecule has 1 aliphatic carbocycles. The van der Waals surface area contributed by atoms with Gasteiger partial charge in [-0.1, -0.05) is 13.2 Å². The normalized spacial score (nSPS) is 23.6. The van der Waals surface area contributed by atoms with E-state index in [-0.39, 0.29) is 18.2 Å². The van der Waals surface area contributed by atoms with Gasteiger partial charge in [0.05, 0.1) is 0 Å². The van der Waals surface area contributed by atoms with Crippen molar-refractivity contribution in [2.75, 3.05) is 0 Å². The Labute approximate surface area is 101 Å². The van der Waals surface area contributed by atoms with Crippen molar-refractivity contribution in [1.82, 2.24) is 0 Å². The van der Waals surface area contributed by atoms with Crippen molar-refractivity contribution in [3.8, 4) is 0 Å². The van der Waals surface area contributed by atoms with Crippen LogP contribution >= 0.6 is 0 Å². The molecule has 1 rings (SSSR count). The first kappa shape index (κ1) is 13.5. The second-order valence-corrected chi connectivity index (χ2v) is 4.23. The van der Waals surface area contributed by atoms with E-state index >= 15 is 0 Å². The number of carbonyl (C=O) groups is 2. The van der Waals surface area contributed by atoms with Gasteiger partial charge in [-0.25, -0.2) is 9.59 Å². The highest BCUT2D eigenvalue weighted by molar-refractivity contribution is 5.87. The Kier molecular flexibility index (Phi) is 4.94. The summed E-state index contributed by atoms with van der Waals surface area (Å²) in [6, 6.07) is 0. The van der Waals surface area contributed by atoms with Gasteiger partial charge in [-0.05, 0) is 32.6 Å². The number of rotatable bonds is 4. The molecule has 0 radical (unpaired) electrons. The van der Waals surface area contributed by atoms with Gasteiger partial charge in [0.2, 0.25) is 0 Å². The molecule has 1 fully saturated rings. The van der Waals surface area contributed by atoms with E-state index in [1.165, 1.54) is 0 Å². The summed E-state index contributed by atoms with van der Waals surface area (Å²) in [5.74, 6) is -0.746. The summed E-state index contributed by atoms with van der Waals surface area (Å²) in [5.41, 5.74) is 0.408. The minimum atomic E-state index is -0.396. The molecule has 0 saturated heterocycles. The Balaban J connectivity index is 2.30. The van der Waals surface area contributed by atoms with E-state index in [0.29, 0.717) is 31.3 Å². The van der Waals surface area contributed by atoms with Crippen molar-refractivity contribution < 1.29 is 19.1 Å². The molecule has 1 saturated carbocycles. The van der Waals surface area contributed by atoms with Gasteiger partial charge in [0.1, 0.15) is 12.2 Å². The molecule has 0 bridgehead atoms. The van der Waals surface area contributed by atoms with Crippen molar-refractivity contribution in [2.45, 2.75) is 44.8 Å². The average Bonchev–Trinajstić information content (AvgIpc) is 2.31. The molecule has 4 nitrogen and oxygen atoms in total. The number of esters is 2. The number of ether oxygens (including phenoxy) is 2. The average molecular weight is 238 g/mol. The van der Waals surface area contributed by atoms with Crippen LogP contribution in [0.15, 0.2) is 24.8 Å². The molecule has 0 aliphatic heterocycles. The van der Waals surface area contributed by atoms with Crippen LogP contribution in [-0.4, -0.2) is 24.1 Å². The first-order valence-corrected chi connectivity index (χ1v) is 5.72. The zero-order valence-corrected chi connectivity index (χ0v) is 10.1. The van der Waals surface area contributed by atoms with Crippen LogP contribution in [0.1, 0.15) is 32.6 Å². The van der Waals surface area contributed by atoms with Crippen molar-refractivity contribution in [3.63, 3.8) is 0 Å². The van der Waals surface area contributed by atoms with Gasteiger partial charge in [-0.15, -0.1) is 0 Å². The van der Waals surface area contributed by atoms with Gasteiger partial charge in [-0.3, -0.25) is 0 Å². The quantitative estimate of drug-likeness (QED) is 0.556. The second kappa shape index (κ2) is 6.23. The fraction of sp³-hybridized carbons (Fsp3) is 0.538. The Hall–Kier alpha value is -1.58. The van der Waals surface area contributed by atoms with E-state index in [1.54, 1.807) is 6.92 Å². The number of carbonyl (C=O) groups excluding carboxylic acids is 2. The molecule has 0 unspecified atom stereocenters. The largest absolute Gasteiger partial charge is 0.459 e. The SMILES string of the molecule is C=CC(=O)OC1CCC(OC(=O)C(=C)C)CC1. The summed E-state index contributed by atoms with van der Waals surface area (Å²) >= 11 is 0. The van der Waals surface area contributed by atoms with Crippen LogP contribution in [0.2, 0.25) is 0 Å². The first-order valence-electron chi connectivity index (χ1n) is 5.72. The molecule has 0 amide bonds. The van der Waals surface area contributed by atoms with Gasteiger partial charge < -0.3 is 9.47 Å². The van der Waals surface area contributed by atoms with Gasteiger partial charge in [0, 0.05) is 11.6 Å². The van der Waals surface area contributed by atoms with Crippen molar-refractivity contribution in [1.29, 1.82) is 0 Å². The number of hydrogen-bond acceptors (Lipinski definition) is 4. The summed E-state index contributed by atoms with van der Waals surface area (Å²) in [7, 11) is 0. The zero-order valence-electron chi connectivity index (χ0n) is 10.1. The van der Waals surface area contributed by atoms with Crippen LogP contribution in [0.3, 0.4) is 0 Å². The molecule has 1 aliphatic rings. The molecule has 4 heteroatoms. The lowest BCUT2D eigenvalue weighted by molar-refractivity contribution is -0.152. The van der Waals surface area contributed by atoms with Crippen molar-refractivity contribution in [2.24, 2.45) is 0 Å². The minimum absolute atomic E-state index is 0.0831. The third kappa shape index (κ3) is 4.43. The van der Waals surface area contributed by atoms with Gasteiger partial charge in [0.15, 0.2) is 0 Å². The maximum Gasteiger partial charge on any atom is 0.333 e. The lowest BCUT2D eigenvalue weighted by Gasteiger charge is -2.27. The summed E-state index contributed by atoms with van der Waals surface area (Å²) in [6.45, 7) is 8.50. The lowest BCUT2D eigenvalue weighted by atomic mass is 9.95. The van der Waals surface area contributed by atoms with Crippen LogP contribution in [-0.2, 0) is 19.1 Å². The molecule has 0 atom stereocenters. The van der Waals surface area contributed by atoms with Gasteiger partial charge in [-0.2, -0.15) is 0 Å². The zero-order chi connectivity index (χ0) is 12.8. The van der Waals surface area contributed by atoms with E-state index in [2.05, 4.69) is 13.2 Å². The molecule has 17 heavy (non-hydrogen) atoms. The summed E-state index contributed by atoms with van der Waals surface area (Å²) < 4.78 is 10.4. The second-order valence-electron chi connectivity index (χ2n) is 4.23. The fourth-order valence-corrected chi connectivity index (χ4v) is 1.73. The summed E-state index contributed by atoms with van der Waals surface area (Å²) in [5, 5.41) is 0. The third-order valence-electron chi connectivity index (χ3n) is 2.69. The van der Waals surface area contributed by atoms with Crippen LogP contribution in [0.4, 0.5) is 0 Å². The predicted molar refractivity (Wildman–Crippen MR) is 63.2 cm³/mol. The van der Waals surface area contributed by atoms with E-state index < -0.39 is 5.97 Å². The molecular weight excluding hydrogens is 220 g/mol. The van der Waals surface area contributed by atoms with Gasteiger partial charge in [0.25, 0.3) is 0 Å². The topological polar surface area (TPSA) is 52.6 Å². The van der Waals surface area contributed by atoms with E-state index in [0.717, 1.165) is 6.08 Å². The molecule has 0 aromatic carbocycles. The van der Waals surface area contributed by atoms with Gasteiger partial charge >= 0.3 is 11.9 Å². The molecule has 94 valence electrons. The van der Waals surface area contributed by atoms with E-state index in [9.17, 15) is 9.59 Å². The standard InChI is InChI=1S/C13H18O4/c1-4-12(14)16-10-5-7-11(8-6-10)17-13(15)9(2)3/h4,10-11H,1-2,5-8H2,3H3. The highest BCUT2D eigenvalue weighted by atomic mass is 16.6. The highest BCUT2D eigenvalue weighted by Crippen LogP contribution is 2.24. The molecule has 0 aromatic rings. The Morgan fingerprint density at radius 2 is 1.59 bits per heavy atom. The molecule has 0 aromatic heterocycles. The molecule has 0 spiro atoms. The Bertz CT molecular complexity index is 324. The van der Waals surface area contributed by atoms with Crippen LogP contribution in [0.5, 0.6) is 0 Å². The van der Waals surface area contributed by atoms with Crippen LogP contribution < -0.4 is 0 Å². The predicted octanol–water partition coefficient (Wildman–Crippen LogP) is 2.15. The molecular formula is C13H18O4. The third-order valence-corrected chi connectivity index (χ3v) is 2.69. The summed E-state index contributed by atoms with van der Waals surface area (Å²) in [4.78, 5) is 22.3. The fourth-order valence-electron chi connectivity index (χ4n) is 1.73. The summed E-state index contributed by atoms with van der Waals surface area (Å²) in [6.07, 6.45) is 3.86.